The first-order chi connectivity index (χ1) is 9.43. The van der Waals surface area contributed by atoms with E-state index in [1.54, 1.807) is 6.92 Å². The molecule has 4 heteroatoms. The number of ether oxygens (including phenoxy) is 2. The van der Waals surface area contributed by atoms with Crippen molar-refractivity contribution in [2.45, 2.75) is 40.4 Å². The second-order valence-electron chi connectivity index (χ2n) is 4.49. The molecule has 1 aromatic carbocycles. The predicted octanol–water partition coefficient (Wildman–Crippen LogP) is 3.10. The molecule has 0 aliphatic rings. The number of carbonyl (C=O) groups excluding carboxylic acids is 2. The predicted molar refractivity (Wildman–Crippen MR) is 76.8 cm³/mol. The number of carbonyl (C=O) groups is 2. The van der Waals surface area contributed by atoms with Crippen LogP contribution in [0, 0.1) is 0 Å². The normalized spacial score (nSPS) is 11.3. The smallest absolute Gasteiger partial charge is 0.305 e. The minimum Gasteiger partial charge on any atom is -0.421 e. The summed E-state index contributed by atoms with van der Waals surface area (Å²) < 4.78 is 10.0. The molecule has 0 heterocycles. The first-order valence-electron chi connectivity index (χ1n) is 6.54. The number of aryl methyl sites for hydroxylation is 1. The molecule has 108 valence electrons. The summed E-state index contributed by atoms with van der Waals surface area (Å²) in [6, 6.07) is 7.92. The molecule has 1 aromatic rings. The summed E-state index contributed by atoms with van der Waals surface area (Å²) in [5.74, 6) is -0.986. The largest absolute Gasteiger partial charge is 0.421 e. The van der Waals surface area contributed by atoms with Gasteiger partial charge in [-0.05, 0) is 30.5 Å². The highest BCUT2D eigenvalue weighted by atomic mass is 16.7. The number of hydrogen-bond acceptors (Lipinski definition) is 4. The molecule has 0 radical (unpaired) electrons. The van der Waals surface area contributed by atoms with E-state index in [2.05, 4.69) is 6.92 Å². The molecule has 1 rings (SSSR count). The topological polar surface area (TPSA) is 52.6 Å². The maximum Gasteiger partial charge on any atom is 0.305 e. The quantitative estimate of drug-likeness (QED) is 0.612. The van der Waals surface area contributed by atoms with Crippen LogP contribution < -0.4 is 0 Å². The maximum absolute atomic E-state index is 11.1. The Balaban J connectivity index is 3.03. The Morgan fingerprint density at radius 3 is 2.15 bits per heavy atom. The van der Waals surface area contributed by atoms with Crippen molar-refractivity contribution >= 4 is 18.0 Å². The fourth-order valence-corrected chi connectivity index (χ4v) is 1.82. The molecule has 20 heavy (non-hydrogen) atoms. The molecule has 0 unspecified atom stereocenters. The van der Waals surface area contributed by atoms with E-state index in [-0.39, 0.29) is 0 Å². The Bertz CT molecular complexity index is 501. The highest BCUT2D eigenvalue weighted by molar-refractivity contribution is 5.69. The van der Waals surface area contributed by atoms with Gasteiger partial charge in [-0.15, -0.1) is 0 Å². The summed E-state index contributed by atoms with van der Waals surface area (Å²) in [6.45, 7) is 6.40. The van der Waals surface area contributed by atoms with E-state index < -0.39 is 18.2 Å². The van der Waals surface area contributed by atoms with Crippen LogP contribution in [0.15, 0.2) is 29.8 Å². The van der Waals surface area contributed by atoms with Crippen LogP contribution in [0.4, 0.5) is 0 Å². The Morgan fingerprint density at radius 1 is 1.10 bits per heavy atom. The molecule has 4 nitrogen and oxygen atoms in total. The van der Waals surface area contributed by atoms with Gasteiger partial charge in [0.25, 0.3) is 6.29 Å². The summed E-state index contributed by atoms with van der Waals surface area (Å²) in [5.41, 5.74) is 2.87. The van der Waals surface area contributed by atoms with Gasteiger partial charge in [0.05, 0.1) is 0 Å². The van der Waals surface area contributed by atoms with E-state index in [4.69, 9.17) is 9.47 Å². The monoisotopic (exact) mass is 276 g/mol. The van der Waals surface area contributed by atoms with Crippen molar-refractivity contribution < 1.29 is 19.1 Å². The lowest BCUT2D eigenvalue weighted by Gasteiger charge is -2.17. The third-order valence-corrected chi connectivity index (χ3v) is 2.74. The van der Waals surface area contributed by atoms with Crippen LogP contribution in [0.2, 0.25) is 0 Å². The van der Waals surface area contributed by atoms with Gasteiger partial charge >= 0.3 is 11.9 Å². The second kappa shape index (κ2) is 7.48. The highest BCUT2D eigenvalue weighted by Crippen LogP contribution is 2.17. The summed E-state index contributed by atoms with van der Waals surface area (Å²) in [5, 5.41) is 0. The molecule has 0 N–H and O–H groups in total. The zero-order chi connectivity index (χ0) is 15.1. The van der Waals surface area contributed by atoms with E-state index in [0.717, 1.165) is 12.0 Å². The molecule has 0 aliphatic carbocycles. The molecular formula is C16H20O4. The molecule has 0 amide bonds. The Morgan fingerprint density at radius 2 is 1.65 bits per heavy atom. The highest BCUT2D eigenvalue weighted by Gasteiger charge is 2.17. The van der Waals surface area contributed by atoms with Gasteiger partial charge in [0.1, 0.15) is 0 Å². The van der Waals surface area contributed by atoms with Gasteiger partial charge in [-0.1, -0.05) is 31.2 Å². The third kappa shape index (κ3) is 4.88. The minimum absolute atomic E-state index is 0.493. The van der Waals surface area contributed by atoms with Crippen molar-refractivity contribution in [1.82, 2.24) is 0 Å². The molecule has 0 atom stereocenters. The fourth-order valence-electron chi connectivity index (χ4n) is 1.82. The number of rotatable bonds is 5. The third-order valence-electron chi connectivity index (χ3n) is 2.74. The van der Waals surface area contributed by atoms with Gasteiger partial charge in [0.15, 0.2) is 0 Å². The van der Waals surface area contributed by atoms with Crippen LogP contribution in [0.3, 0.4) is 0 Å². The van der Waals surface area contributed by atoms with Crippen LogP contribution in [0.5, 0.6) is 0 Å². The average molecular weight is 276 g/mol. The summed E-state index contributed by atoms with van der Waals surface area (Å²) in [4.78, 5) is 22.1. The average Bonchev–Trinajstić information content (AvgIpc) is 2.37. The molecule has 0 aliphatic heterocycles. The summed E-state index contributed by atoms with van der Waals surface area (Å²) in [7, 11) is 0. The lowest BCUT2D eigenvalue weighted by molar-refractivity contribution is -0.177. The van der Waals surface area contributed by atoms with Crippen LogP contribution in [0.1, 0.15) is 38.8 Å². The first kappa shape index (κ1) is 16.0. The van der Waals surface area contributed by atoms with E-state index >= 15 is 0 Å². The van der Waals surface area contributed by atoms with Gasteiger partial charge < -0.3 is 9.47 Å². The van der Waals surface area contributed by atoms with Crippen LogP contribution in [0.25, 0.3) is 6.08 Å². The fraction of sp³-hybridized carbons (Fsp3) is 0.375. The molecule has 0 bridgehead atoms. The van der Waals surface area contributed by atoms with Crippen LogP contribution >= 0.6 is 0 Å². The number of esters is 2. The van der Waals surface area contributed by atoms with E-state index in [1.807, 2.05) is 30.3 Å². The molecular weight excluding hydrogens is 256 g/mol. The van der Waals surface area contributed by atoms with E-state index in [0.29, 0.717) is 5.57 Å². The van der Waals surface area contributed by atoms with Gasteiger partial charge in [-0.25, -0.2) is 0 Å². The standard InChI is InChI=1S/C16H20O4/c1-5-14-8-6-7-9-15(14)10-11(2)16(19-12(3)17)20-13(4)18/h6-10,16H,5H2,1-4H3. The van der Waals surface area contributed by atoms with E-state index in [1.165, 1.54) is 19.4 Å². The zero-order valence-electron chi connectivity index (χ0n) is 12.3. The minimum atomic E-state index is -0.977. The van der Waals surface area contributed by atoms with Crippen molar-refractivity contribution in [1.29, 1.82) is 0 Å². The van der Waals surface area contributed by atoms with Gasteiger partial charge in [0, 0.05) is 19.4 Å². The molecule has 0 aromatic heterocycles. The maximum atomic E-state index is 11.1. The van der Waals surface area contributed by atoms with E-state index in [9.17, 15) is 9.59 Å². The molecule has 0 saturated heterocycles. The van der Waals surface area contributed by atoms with Crippen molar-refractivity contribution in [2.75, 3.05) is 0 Å². The summed E-state index contributed by atoms with van der Waals surface area (Å²) in [6.07, 6.45) is 1.79. The van der Waals surface area contributed by atoms with Crippen LogP contribution in [-0.2, 0) is 25.5 Å². The SMILES string of the molecule is CCc1ccccc1C=C(C)C(OC(C)=O)OC(C)=O. The Labute approximate surface area is 119 Å². The van der Waals surface area contributed by atoms with Crippen molar-refractivity contribution in [3.8, 4) is 0 Å². The zero-order valence-corrected chi connectivity index (χ0v) is 12.3. The molecule has 0 fully saturated rings. The van der Waals surface area contributed by atoms with Gasteiger partial charge in [-0.3, -0.25) is 9.59 Å². The van der Waals surface area contributed by atoms with Crippen molar-refractivity contribution in [3.05, 3.63) is 41.0 Å². The van der Waals surface area contributed by atoms with Gasteiger partial charge in [-0.2, -0.15) is 0 Å². The van der Waals surface area contributed by atoms with Crippen molar-refractivity contribution in [3.63, 3.8) is 0 Å². The lowest BCUT2D eigenvalue weighted by atomic mass is 10.0. The lowest BCUT2D eigenvalue weighted by Crippen LogP contribution is -2.23. The molecule has 0 saturated carbocycles. The van der Waals surface area contributed by atoms with Gasteiger partial charge in [0.2, 0.25) is 0 Å². The Hall–Kier alpha value is -2.10. The number of benzene rings is 1. The molecule has 0 spiro atoms. The van der Waals surface area contributed by atoms with Crippen LogP contribution in [-0.4, -0.2) is 18.2 Å². The van der Waals surface area contributed by atoms with Crippen molar-refractivity contribution in [2.24, 2.45) is 0 Å². The summed E-state index contributed by atoms with van der Waals surface area (Å²) >= 11 is 0. The first-order valence-corrected chi connectivity index (χ1v) is 6.54. The number of hydrogen-bond donors (Lipinski definition) is 0. The Kier molecular flexibility index (Phi) is 5.97. The second-order valence-corrected chi connectivity index (χ2v) is 4.49.